The Labute approximate surface area is 146 Å². The third kappa shape index (κ3) is 2.82. The Bertz CT molecular complexity index is 685. The lowest BCUT2D eigenvalue weighted by Crippen LogP contribution is -2.47. The molecule has 0 aliphatic heterocycles. The Morgan fingerprint density at radius 3 is 2.12 bits per heavy atom. The molecule has 0 saturated heterocycles. The summed E-state index contributed by atoms with van der Waals surface area (Å²) in [5.41, 5.74) is -0.414. The molecule has 2 unspecified atom stereocenters. The van der Waals surface area contributed by atoms with Crippen molar-refractivity contribution >= 4 is 12.4 Å². The fourth-order valence-corrected chi connectivity index (χ4v) is 3.84. The molecule has 2 atom stereocenters. The van der Waals surface area contributed by atoms with Gasteiger partial charge >= 0.3 is 6.18 Å². The van der Waals surface area contributed by atoms with Gasteiger partial charge in [-0.15, -0.1) is 12.4 Å². The summed E-state index contributed by atoms with van der Waals surface area (Å²) in [6.07, 6.45) is -3.78. The van der Waals surface area contributed by atoms with Crippen LogP contribution in [0.1, 0.15) is 35.6 Å². The highest BCUT2D eigenvalue weighted by Gasteiger charge is 2.59. The van der Waals surface area contributed by atoms with Gasteiger partial charge in [0.1, 0.15) is 5.41 Å². The van der Waals surface area contributed by atoms with E-state index in [-0.39, 0.29) is 24.9 Å². The minimum atomic E-state index is -4.33. The van der Waals surface area contributed by atoms with Crippen molar-refractivity contribution in [3.63, 3.8) is 0 Å². The molecule has 0 aromatic heterocycles. The zero-order chi connectivity index (χ0) is 16.7. The molecule has 130 valence electrons. The molecule has 0 bridgehead atoms. The number of halogens is 4. The number of alkyl halides is 3. The van der Waals surface area contributed by atoms with Crippen LogP contribution in [0.4, 0.5) is 13.2 Å². The Kier molecular flexibility index (Phi) is 5.31. The van der Waals surface area contributed by atoms with Gasteiger partial charge in [0.15, 0.2) is 0 Å². The van der Waals surface area contributed by atoms with Crippen LogP contribution in [0.25, 0.3) is 0 Å². The van der Waals surface area contributed by atoms with Gasteiger partial charge in [-0.3, -0.25) is 0 Å². The van der Waals surface area contributed by atoms with Crippen LogP contribution in [0, 0.1) is 0 Å². The van der Waals surface area contributed by atoms with E-state index >= 15 is 0 Å². The lowest BCUT2D eigenvalue weighted by Gasteiger charge is -2.45. The predicted octanol–water partition coefficient (Wildman–Crippen LogP) is 5.35. The third-order valence-corrected chi connectivity index (χ3v) is 4.95. The highest BCUT2D eigenvalue weighted by atomic mass is 35.5. The van der Waals surface area contributed by atoms with Crippen LogP contribution < -0.4 is 0 Å². The molecule has 0 heterocycles. The van der Waals surface area contributed by atoms with Crippen LogP contribution in [0.15, 0.2) is 54.6 Å². The van der Waals surface area contributed by atoms with Crippen LogP contribution in [-0.2, 0) is 5.41 Å². The zero-order valence-corrected chi connectivity index (χ0v) is 14.5. The van der Waals surface area contributed by atoms with Crippen molar-refractivity contribution in [2.75, 3.05) is 14.1 Å². The number of hydrogen-bond donors (Lipinski definition) is 0. The SMILES string of the molecule is CN(C)C1CCC(c2ccccc2)(C(F)(F)F)c2ccccc21.Cl. The second-order valence-corrected chi connectivity index (χ2v) is 6.37. The number of nitrogens with zero attached hydrogens (tertiary/aromatic N) is 1. The van der Waals surface area contributed by atoms with Gasteiger partial charge in [-0.1, -0.05) is 54.6 Å². The molecule has 2 aromatic carbocycles. The molecule has 0 amide bonds. The summed E-state index contributed by atoms with van der Waals surface area (Å²) in [7, 11) is 3.84. The summed E-state index contributed by atoms with van der Waals surface area (Å²) < 4.78 is 42.8. The first-order chi connectivity index (χ1) is 10.9. The summed E-state index contributed by atoms with van der Waals surface area (Å²) in [6, 6.07) is 15.4. The van der Waals surface area contributed by atoms with Gasteiger partial charge in [0.05, 0.1) is 0 Å². The molecule has 0 spiro atoms. The maximum absolute atomic E-state index is 14.3. The highest BCUT2D eigenvalue weighted by Crippen LogP contribution is 2.55. The minimum Gasteiger partial charge on any atom is -0.302 e. The van der Waals surface area contributed by atoms with Crippen LogP contribution in [-0.4, -0.2) is 25.2 Å². The molecule has 0 N–H and O–H groups in total. The van der Waals surface area contributed by atoms with E-state index in [4.69, 9.17) is 0 Å². The van der Waals surface area contributed by atoms with E-state index in [0.29, 0.717) is 17.5 Å². The van der Waals surface area contributed by atoms with Crippen molar-refractivity contribution in [3.8, 4) is 0 Å². The minimum absolute atomic E-state index is 0. The smallest absolute Gasteiger partial charge is 0.302 e. The standard InChI is InChI=1S/C19H20F3N.ClH/c1-23(2)17-12-13-18(19(20,21)22,14-8-4-3-5-9-14)16-11-7-6-10-15(16)17;/h3-11,17H,12-13H2,1-2H3;1H. The Balaban J connectivity index is 0.00000208. The fraction of sp³-hybridized carbons (Fsp3) is 0.368. The van der Waals surface area contributed by atoms with Crippen molar-refractivity contribution in [1.29, 1.82) is 0 Å². The molecular formula is C19H21ClF3N. The third-order valence-electron chi connectivity index (χ3n) is 4.95. The quantitative estimate of drug-likeness (QED) is 0.701. The molecule has 24 heavy (non-hydrogen) atoms. The molecule has 3 rings (SSSR count). The number of benzene rings is 2. The second kappa shape index (κ2) is 6.77. The van der Waals surface area contributed by atoms with Crippen molar-refractivity contribution in [2.45, 2.75) is 30.5 Å². The zero-order valence-electron chi connectivity index (χ0n) is 13.7. The van der Waals surface area contributed by atoms with Crippen molar-refractivity contribution in [3.05, 3.63) is 71.3 Å². The number of fused-ring (bicyclic) bond motifs is 1. The Morgan fingerprint density at radius 1 is 0.958 bits per heavy atom. The number of rotatable bonds is 2. The van der Waals surface area contributed by atoms with E-state index in [1.807, 2.05) is 31.1 Å². The van der Waals surface area contributed by atoms with Crippen molar-refractivity contribution < 1.29 is 13.2 Å². The lowest BCUT2D eigenvalue weighted by atomic mass is 9.64. The van der Waals surface area contributed by atoms with Gasteiger partial charge in [-0.25, -0.2) is 0 Å². The predicted molar refractivity (Wildman–Crippen MR) is 92.6 cm³/mol. The molecule has 1 aliphatic rings. The Hall–Kier alpha value is -1.52. The Morgan fingerprint density at radius 2 is 1.54 bits per heavy atom. The highest BCUT2D eigenvalue weighted by molar-refractivity contribution is 5.85. The molecule has 1 nitrogen and oxygen atoms in total. The first-order valence-corrected chi connectivity index (χ1v) is 7.76. The summed E-state index contributed by atoms with van der Waals surface area (Å²) >= 11 is 0. The summed E-state index contributed by atoms with van der Waals surface area (Å²) in [5.74, 6) is 0. The average molecular weight is 356 g/mol. The van der Waals surface area contributed by atoms with Gasteiger partial charge < -0.3 is 4.90 Å². The summed E-state index contributed by atoms with van der Waals surface area (Å²) in [4.78, 5) is 2.00. The van der Waals surface area contributed by atoms with Gasteiger partial charge in [0, 0.05) is 6.04 Å². The topological polar surface area (TPSA) is 3.24 Å². The molecule has 5 heteroatoms. The average Bonchev–Trinajstić information content (AvgIpc) is 2.53. The maximum Gasteiger partial charge on any atom is 0.402 e. The first kappa shape index (κ1) is 18.8. The molecule has 1 aliphatic carbocycles. The largest absolute Gasteiger partial charge is 0.402 e. The van der Waals surface area contributed by atoms with Gasteiger partial charge in [-0.2, -0.15) is 13.2 Å². The second-order valence-electron chi connectivity index (χ2n) is 6.37. The molecular weight excluding hydrogens is 335 g/mol. The van der Waals surface area contributed by atoms with Gasteiger partial charge in [0.2, 0.25) is 0 Å². The van der Waals surface area contributed by atoms with Crippen LogP contribution in [0.3, 0.4) is 0 Å². The van der Waals surface area contributed by atoms with E-state index in [2.05, 4.69) is 0 Å². The van der Waals surface area contributed by atoms with E-state index in [0.717, 1.165) is 5.56 Å². The monoisotopic (exact) mass is 355 g/mol. The molecule has 0 saturated carbocycles. The molecule has 0 fully saturated rings. The number of hydrogen-bond acceptors (Lipinski definition) is 1. The van der Waals surface area contributed by atoms with Gasteiger partial charge in [-0.05, 0) is 43.6 Å². The van der Waals surface area contributed by atoms with E-state index in [1.165, 1.54) is 0 Å². The maximum atomic E-state index is 14.3. The van der Waals surface area contributed by atoms with E-state index in [1.54, 1.807) is 42.5 Å². The van der Waals surface area contributed by atoms with E-state index < -0.39 is 11.6 Å². The van der Waals surface area contributed by atoms with E-state index in [9.17, 15) is 13.2 Å². The fourth-order valence-electron chi connectivity index (χ4n) is 3.84. The molecule has 2 aromatic rings. The normalized spacial score (nSPS) is 23.5. The summed E-state index contributed by atoms with van der Waals surface area (Å²) in [5, 5.41) is 0. The van der Waals surface area contributed by atoms with Crippen molar-refractivity contribution in [1.82, 2.24) is 4.90 Å². The van der Waals surface area contributed by atoms with Crippen LogP contribution in [0.2, 0.25) is 0 Å². The first-order valence-electron chi connectivity index (χ1n) is 7.76. The van der Waals surface area contributed by atoms with Gasteiger partial charge in [0.25, 0.3) is 0 Å². The van der Waals surface area contributed by atoms with Crippen LogP contribution >= 0.6 is 12.4 Å². The van der Waals surface area contributed by atoms with Crippen LogP contribution in [0.5, 0.6) is 0 Å². The van der Waals surface area contributed by atoms with Crippen molar-refractivity contribution in [2.24, 2.45) is 0 Å². The lowest BCUT2D eigenvalue weighted by molar-refractivity contribution is -0.183. The molecule has 0 radical (unpaired) electrons. The summed E-state index contributed by atoms with van der Waals surface area (Å²) in [6.45, 7) is 0.